The van der Waals surface area contributed by atoms with Crippen LogP contribution in [0, 0.1) is 65.2 Å². The Balaban J connectivity index is 0.000000189. The number of methoxy groups -OCH3 is 2. The van der Waals surface area contributed by atoms with Crippen LogP contribution >= 0.6 is 104 Å². The number of amides is 1. The van der Waals surface area contributed by atoms with Gasteiger partial charge >= 0.3 is 17.9 Å². The van der Waals surface area contributed by atoms with Crippen LogP contribution in [0.2, 0.25) is 40.2 Å². The summed E-state index contributed by atoms with van der Waals surface area (Å²) in [5.74, 6) is 6.78. The van der Waals surface area contributed by atoms with E-state index in [1.54, 1.807) is 6.92 Å². The number of likely N-dealkylation sites (tertiary alicyclic amines) is 3. The number of terminal acetylenes is 1. The monoisotopic (exact) mass is 1840 g/mol. The summed E-state index contributed by atoms with van der Waals surface area (Å²) in [7, 11) is -1.40. The lowest BCUT2D eigenvalue weighted by atomic mass is 10.1. The fourth-order valence-electron chi connectivity index (χ4n) is 13.1. The molecule has 120 heavy (non-hydrogen) atoms. The molecular formula is C89H87Cl9F4N4O13S. The van der Waals surface area contributed by atoms with Gasteiger partial charge < -0.3 is 33.5 Å². The van der Waals surface area contributed by atoms with E-state index in [4.69, 9.17) is 135 Å². The highest BCUT2D eigenvalue weighted by molar-refractivity contribution is 7.91. The van der Waals surface area contributed by atoms with Crippen molar-refractivity contribution in [3.63, 3.8) is 0 Å². The molecule has 3 saturated heterocycles. The van der Waals surface area contributed by atoms with Crippen molar-refractivity contribution in [2.75, 3.05) is 60.3 Å². The molecule has 3 aliphatic heterocycles. The first-order valence-electron chi connectivity index (χ1n) is 38.1. The van der Waals surface area contributed by atoms with Gasteiger partial charge in [0.15, 0.2) is 0 Å². The number of esters is 2. The van der Waals surface area contributed by atoms with Crippen molar-refractivity contribution in [2.45, 2.75) is 133 Å². The highest BCUT2D eigenvalue weighted by Crippen LogP contribution is 2.36. The number of rotatable bonds is 25. The normalized spacial score (nSPS) is 16.1. The van der Waals surface area contributed by atoms with Crippen molar-refractivity contribution in [1.82, 2.24) is 19.4 Å². The van der Waals surface area contributed by atoms with Crippen LogP contribution in [0.3, 0.4) is 0 Å². The minimum absolute atomic E-state index is 0.0441. The fourth-order valence-corrected chi connectivity index (χ4v) is 15.9. The highest BCUT2D eigenvalue weighted by atomic mass is 35.5. The van der Waals surface area contributed by atoms with Crippen LogP contribution in [0.15, 0.2) is 146 Å². The molecule has 8 aromatic carbocycles. The number of ether oxygens (including phenoxy) is 6. The Bertz CT molecular complexity index is 5090. The van der Waals surface area contributed by atoms with E-state index in [1.165, 1.54) is 44.8 Å². The summed E-state index contributed by atoms with van der Waals surface area (Å²) in [4.78, 5) is 52.9. The molecule has 2 aliphatic carbocycles. The third kappa shape index (κ3) is 30.9. The van der Waals surface area contributed by atoms with Crippen molar-refractivity contribution >= 4 is 138 Å². The van der Waals surface area contributed by atoms with E-state index >= 15 is 0 Å². The fraction of sp³-hybridized carbons (Fsp3) is 0.348. The van der Waals surface area contributed by atoms with Gasteiger partial charge in [-0.05, 0) is 215 Å². The predicted molar refractivity (Wildman–Crippen MR) is 464 cm³/mol. The van der Waals surface area contributed by atoms with Crippen LogP contribution in [-0.4, -0.2) is 136 Å². The van der Waals surface area contributed by atoms with Gasteiger partial charge in [-0.3, -0.25) is 19.5 Å². The van der Waals surface area contributed by atoms with Gasteiger partial charge in [-0.25, -0.2) is 45.1 Å². The lowest BCUT2D eigenvalue weighted by molar-refractivity contribution is 0.0586. The molecule has 0 aromatic heterocycles. The quantitative estimate of drug-likeness (QED) is 0.0237. The molecule has 2 saturated carbocycles. The number of hydrogen-bond donors (Lipinski definition) is 2. The zero-order chi connectivity index (χ0) is 87.0. The number of carboxylic acids is 1. The predicted octanol–water partition coefficient (Wildman–Crippen LogP) is 21.8. The maximum absolute atomic E-state index is 14.6. The lowest BCUT2D eigenvalue weighted by Crippen LogP contribution is -2.34. The summed E-state index contributed by atoms with van der Waals surface area (Å²) >= 11 is 53.3. The molecular weight excluding hydrogens is 1760 g/mol. The molecule has 3 atom stereocenters. The van der Waals surface area contributed by atoms with Gasteiger partial charge in [0, 0.05) is 88.0 Å². The largest absolute Gasteiger partial charge is 0.492 e. The third-order valence-corrected chi connectivity index (χ3v) is 23.9. The Morgan fingerprint density at radius 2 is 0.775 bits per heavy atom. The Hall–Kier alpha value is -8.32. The van der Waals surface area contributed by atoms with Crippen LogP contribution in [0.4, 0.5) is 17.6 Å². The number of nitrogens with zero attached hydrogens (tertiary/aromatic N) is 3. The molecule has 638 valence electrons. The van der Waals surface area contributed by atoms with Gasteiger partial charge in [0.05, 0.1) is 68.4 Å². The van der Waals surface area contributed by atoms with Gasteiger partial charge in [-0.1, -0.05) is 160 Å². The highest BCUT2D eigenvalue weighted by Gasteiger charge is 2.38. The van der Waals surface area contributed by atoms with E-state index in [2.05, 4.69) is 53.8 Å². The first kappa shape index (κ1) is 97.1. The van der Waals surface area contributed by atoms with E-state index in [-0.39, 0.29) is 72.3 Å². The van der Waals surface area contributed by atoms with E-state index < -0.39 is 73.5 Å². The number of carbonyl (C=O) groups excluding carboxylic acids is 3. The van der Waals surface area contributed by atoms with E-state index in [0.29, 0.717) is 66.1 Å². The summed E-state index contributed by atoms with van der Waals surface area (Å²) in [6.45, 7) is 8.51. The van der Waals surface area contributed by atoms with Crippen LogP contribution < -0.4 is 23.7 Å². The Morgan fingerprint density at radius 3 is 1.10 bits per heavy atom. The molecule has 13 rings (SSSR count). The number of alkyl halides is 1. The van der Waals surface area contributed by atoms with Gasteiger partial charge in [0.25, 0.3) is 5.91 Å². The average molecular weight is 1850 g/mol. The molecule has 0 unspecified atom stereocenters. The number of aromatic carboxylic acids is 1. The van der Waals surface area contributed by atoms with Crippen LogP contribution in [0.25, 0.3) is 0 Å². The van der Waals surface area contributed by atoms with Crippen LogP contribution in [0.1, 0.15) is 148 Å². The second-order valence-corrected chi connectivity index (χ2v) is 33.7. The van der Waals surface area contributed by atoms with E-state index in [1.807, 2.05) is 102 Å². The molecule has 0 bridgehead atoms. The molecule has 0 spiro atoms. The average Bonchev–Trinajstić information content (AvgIpc) is 1.56. The van der Waals surface area contributed by atoms with Crippen molar-refractivity contribution in [1.29, 1.82) is 0 Å². The van der Waals surface area contributed by atoms with Crippen molar-refractivity contribution in [2.24, 2.45) is 5.92 Å². The summed E-state index contributed by atoms with van der Waals surface area (Å²) in [6.07, 6.45) is 16.5. The minimum Gasteiger partial charge on any atom is -0.492 e. The number of carboxylic acid groups (broad SMARTS) is 1. The zero-order valence-corrected chi connectivity index (χ0v) is 73.2. The lowest BCUT2D eigenvalue weighted by Gasteiger charge is -2.25. The second-order valence-electron chi connectivity index (χ2n) is 28.1. The first-order valence-corrected chi connectivity index (χ1v) is 43.2. The summed E-state index contributed by atoms with van der Waals surface area (Å²) in [6, 6.07) is 40.2. The number of halogens is 13. The molecule has 17 nitrogen and oxygen atoms in total. The van der Waals surface area contributed by atoms with E-state index in [0.717, 1.165) is 149 Å². The van der Waals surface area contributed by atoms with Gasteiger partial charge in [0.1, 0.15) is 66.1 Å². The second kappa shape index (κ2) is 49.1. The summed E-state index contributed by atoms with van der Waals surface area (Å²) in [5, 5.41) is 11.7. The molecule has 1 amide bonds. The summed E-state index contributed by atoms with van der Waals surface area (Å²) in [5.41, 5.74) is 3.29. The number of hydrogen-bond acceptors (Lipinski definition) is 15. The van der Waals surface area contributed by atoms with E-state index in [9.17, 15) is 45.2 Å². The number of nitrogens with one attached hydrogen (secondary N) is 1. The topological polar surface area (TPSA) is 200 Å². The molecule has 5 fully saturated rings. The number of sulfonamides is 1. The maximum Gasteiger partial charge on any atom is 0.340 e. The summed E-state index contributed by atoms with van der Waals surface area (Å²) < 4.78 is 114. The zero-order valence-electron chi connectivity index (χ0n) is 65.6. The van der Waals surface area contributed by atoms with Gasteiger partial charge in [0.2, 0.25) is 10.0 Å². The SMILES string of the molecule is C#CC#CC#CC.COC(=O)c1cc(Cl)c(OCC2CCCC2)cc1F.COC(=O)c1cc(Cl)c(OC[C@H]2CCCN2Cc2ccc(Cl)cc2)cc1F.ClCc1ccc(Cl)cc1.O=C(NS(=O)(=O)C1CC1)c1cc(Cl)c(OC[C@H]2CCCN2Cc2ccc(Cl)cc2)cc1F.O=C(O)c1cc(Cl)c(OC[C@H]2CCCN2Cc2ccc(Cl)cc2)cc1F. The molecule has 2 N–H and O–H groups in total. The molecule has 8 aromatic rings. The Morgan fingerprint density at radius 1 is 0.450 bits per heavy atom. The smallest absolute Gasteiger partial charge is 0.340 e. The standard InChI is InChI=1S/C22H23Cl2FN2O4S.C20H20Cl2FNO3.C19H18Cl2FNO3.C14H16ClFO3.C7H6Cl2.C7H4/c23-15-5-3-14(4-6-15)12-27-9-1-2-16(27)13-31-21-11-20(25)18(10-19(21)24)22(28)26-32(29,30)17-7-8-17;1-26-20(25)16-9-17(22)19(10-18(16)23)27-12-15-3-2-8-24(15)11-13-4-6-14(21)7-5-13;20-13-5-3-12(4-6-13)10-23-7-1-2-14(23)11-26-18-9-17(22)15(19(24)25)8-16(18)21;1-18-14(17)10-6-11(15)13(7-12(10)16)19-8-9-4-2-3-5-9;8-5-6-1-3-7(9)4-2-6;1-3-5-7-6-4-2/h3-6,10-11,16-17H,1-2,7-9,12-13H2,(H,26,28);4-7,9-10,15H,2-3,8,11-12H2,1H3;3-6,8-9,14H,1-2,7,10-11H2,(H,24,25);6-7,9H,2-5,8H2,1H3;1-4H,5H2;1H,2H3/t16-;15-;14-;;;/m111.../s1. The third-order valence-electron chi connectivity index (χ3n) is 19.6. The first-order chi connectivity index (χ1) is 57.5. The molecule has 0 radical (unpaired) electrons. The number of carbonyl (C=O) groups is 4. The van der Waals surface area contributed by atoms with Gasteiger partial charge in [-0.2, -0.15) is 0 Å². The molecule has 5 aliphatic rings. The Kier molecular flexibility index (Phi) is 39.7. The van der Waals surface area contributed by atoms with Crippen molar-refractivity contribution < 1.29 is 78.7 Å². The molecule has 3 heterocycles. The van der Waals surface area contributed by atoms with Crippen molar-refractivity contribution in [3.05, 3.63) is 254 Å². The minimum atomic E-state index is -3.78. The molecule has 31 heteroatoms. The van der Waals surface area contributed by atoms with Crippen LogP contribution in [0.5, 0.6) is 23.0 Å². The van der Waals surface area contributed by atoms with Crippen molar-refractivity contribution in [3.8, 4) is 59.0 Å². The maximum atomic E-state index is 14.6. The van der Waals surface area contributed by atoms with Crippen LogP contribution in [-0.2, 0) is 45.0 Å². The number of benzene rings is 8. The Labute approximate surface area is 742 Å². The van der Waals surface area contributed by atoms with Gasteiger partial charge in [-0.15, -0.1) is 18.0 Å².